The summed E-state index contributed by atoms with van der Waals surface area (Å²) in [5, 5.41) is 20.3. The van der Waals surface area contributed by atoms with E-state index in [4.69, 9.17) is 4.99 Å². The van der Waals surface area contributed by atoms with Crippen molar-refractivity contribution < 1.29 is 15.0 Å². The number of phenolic OH excluding ortho intramolecular Hbond substituents is 1. The van der Waals surface area contributed by atoms with Gasteiger partial charge in [-0.3, -0.25) is 14.7 Å². The first-order chi connectivity index (χ1) is 10.4. The number of hydrogen-bond donors (Lipinski definition) is 2. The number of carboxylic acids is 1. The lowest BCUT2D eigenvalue weighted by molar-refractivity contribution is -0.147. The van der Waals surface area contributed by atoms with Gasteiger partial charge in [0.25, 0.3) is 0 Å². The fraction of sp³-hybridized carbons (Fsp3) is 0.467. The Morgan fingerprint density at radius 3 is 2.82 bits per heavy atom. The van der Waals surface area contributed by atoms with Gasteiger partial charge in [-0.1, -0.05) is 12.1 Å². The van der Waals surface area contributed by atoms with Gasteiger partial charge in [0.15, 0.2) is 0 Å². The van der Waals surface area contributed by atoms with Gasteiger partial charge in [-0.05, 0) is 26.1 Å². The van der Waals surface area contributed by atoms with Crippen LogP contribution >= 0.6 is 23.5 Å². The maximum Gasteiger partial charge on any atom is 0.324 e. The first kappa shape index (κ1) is 15.7. The fourth-order valence-corrected chi connectivity index (χ4v) is 5.56. The van der Waals surface area contributed by atoms with Crippen LogP contribution in [0.5, 0.6) is 5.75 Å². The smallest absolute Gasteiger partial charge is 0.324 e. The standard InChI is InChI=1S/C15H18N2O3S2/c1-15(14(19)20)8-22-13(17(15)2)10-7-21-12(16-10)9-5-3-4-6-11(9)18/h3-6,10,13,18H,7-8H2,1-2H3,(H,19,20)/t10-,13+,15+/m0/s1. The number of rotatable bonds is 3. The molecule has 7 heteroatoms. The molecule has 3 rings (SSSR count). The van der Waals surface area contributed by atoms with E-state index in [1.54, 1.807) is 42.6 Å². The summed E-state index contributed by atoms with van der Waals surface area (Å²) in [4.78, 5) is 18.2. The van der Waals surface area contributed by atoms with Crippen LogP contribution in [0.3, 0.4) is 0 Å². The molecule has 0 saturated carbocycles. The fourth-order valence-electron chi connectivity index (χ4n) is 2.66. The molecular weight excluding hydrogens is 320 g/mol. The number of hydrogen-bond acceptors (Lipinski definition) is 6. The van der Waals surface area contributed by atoms with Crippen molar-refractivity contribution in [3.63, 3.8) is 0 Å². The summed E-state index contributed by atoms with van der Waals surface area (Å²) < 4.78 is 0. The molecule has 2 N–H and O–H groups in total. The maximum atomic E-state index is 11.5. The van der Waals surface area contributed by atoms with Gasteiger partial charge in [-0.25, -0.2) is 0 Å². The molecule has 0 aromatic heterocycles. The summed E-state index contributed by atoms with van der Waals surface area (Å²) in [5.41, 5.74) is -0.0886. The molecule has 1 aromatic carbocycles. The first-order valence-electron chi connectivity index (χ1n) is 7.00. The first-order valence-corrected chi connectivity index (χ1v) is 9.04. The van der Waals surface area contributed by atoms with Gasteiger partial charge in [0.2, 0.25) is 0 Å². The van der Waals surface area contributed by atoms with Crippen LogP contribution in [-0.2, 0) is 4.79 Å². The Hall–Kier alpha value is -1.18. The third-order valence-electron chi connectivity index (χ3n) is 4.29. The molecule has 2 aliphatic rings. The number of likely N-dealkylation sites (N-methyl/N-ethyl adjacent to an activating group) is 1. The molecule has 0 radical (unpaired) electrons. The SMILES string of the molecule is CN1[C@@H]([C@@H]2CSC(c3ccccc3O)=N2)SC[C@]1(C)C(=O)O. The largest absolute Gasteiger partial charge is 0.507 e. The van der Waals surface area contributed by atoms with E-state index in [1.807, 2.05) is 24.1 Å². The highest BCUT2D eigenvalue weighted by Gasteiger charge is 2.50. The maximum absolute atomic E-state index is 11.5. The molecule has 1 saturated heterocycles. The van der Waals surface area contributed by atoms with Crippen LogP contribution in [0.2, 0.25) is 0 Å². The van der Waals surface area contributed by atoms with Crippen molar-refractivity contribution in [2.45, 2.75) is 23.9 Å². The van der Waals surface area contributed by atoms with Crippen molar-refractivity contribution in [3.05, 3.63) is 29.8 Å². The minimum atomic E-state index is -0.840. The number of para-hydroxylation sites is 1. The molecule has 22 heavy (non-hydrogen) atoms. The zero-order valence-electron chi connectivity index (χ0n) is 12.4. The number of carboxylic acid groups (broad SMARTS) is 1. The van der Waals surface area contributed by atoms with E-state index in [-0.39, 0.29) is 17.2 Å². The van der Waals surface area contributed by atoms with Crippen molar-refractivity contribution >= 4 is 34.5 Å². The normalized spacial score (nSPS) is 32.2. The molecule has 1 fully saturated rings. The average Bonchev–Trinajstić information content (AvgIpc) is 3.07. The Morgan fingerprint density at radius 2 is 2.18 bits per heavy atom. The van der Waals surface area contributed by atoms with Crippen LogP contribution in [0, 0.1) is 0 Å². The number of nitrogens with zero attached hydrogens (tertiary/aromatic N) is 2. The highest BCUT2D eigenvalue weighted by Crippen LogP contribution is 2.41. The van der Waals surface area contributed by atoms with E-state index in [0.29, 0.717) is 5.75 Å². The summed E-state index contributed by atoms with van der Waals surface area (Å²) in [7, 11) is 1.86. The van der Waals surface area contributed by atoms with Crippen molar-refractivity contribution in [3.8, 4) is 5.75 Å². The second-order valence-electron chi connectivity index (χ2n) is 5.72. The van der Waals surface area contributed by atoms with Crippen molar-refractivity contribution in [1.29, 1.82) is 0 Å². The van der Waals surface area contributed by atoms with Crippen LogP contribution in [-0.4, -0.2) is 61.6 Å². The van der Waals surface area contributed by atoms with Gasteiger partial charge in [0, 0.05) is 17.1 Å². The van der Waals surface area contributed by atoms with Gasteiger partial charge in [-0.2, -0.15) is 0 Å². The summed E-state index contributed by atoms with van der Waals surface area (Å²) >= 11 is 3.26. The number of carbonyl (C=O) groups is 1. The van der Waals surface area contributed by atoms with Crippen LogP contribution in [0.4, 0.5) is 0 Å². The van der Waals surface area contributed by atoms with Crippen molar-refractivity contribution in [2.75, 3.05) is 18.6 Å². The number of benzene rings is 1. The molecule has 2 aliphatic heterocycles. The summed E-state index contributed by atoms with van der Waals surface area (Å²) in [6, 6.07) is 7.22. The molecule has 0 bridgehead atoms. The molecule has 0 aliphatic carbocycles. The molecule has 5 nitrogen and oxygen atoms in total. The minimum Gasteiger partial charge on any atom is -0.507 e. The highest BCUT2D eigenvalue weighted by atomic mass is 32.2. The van der Waals surface area contributed by atoms with E-state index in [0.717, 1.165) is 16.4 Å². The van der Waals surface area contributed by atoms with E-state index < -0.39 is 11.5 Å². The third kappa shape index (κ3) is 2.51. The van der Waals surface area contributed by atoms with Gasteiger partial charge in [0.05, 0.1) is 11.4 Å². The Balaban J connectivity index is 1.81. The quantitative estimate of drug-likeness (QED) is 0.879. The Bertz CT molecular complexity index is 637. The summed E-state index contributed by atoms with van der Waals surface area (Å²) in [6.07, 6.45) is 0. The van der Waals surface area contributed by atoms with Gasteiger partial charge in [0.1, 0.15) is 16.3 Å². The molecule has 3 atom stereocenters. The zero-order valence-corrected chi connectivity index (χ0v) is 14.0. The van der Waals surface area contributed by atoms with E-state index >= 15 is 0 Å². The summed E-state index contributed by atoms with van der Waals surface area (Å²) in [6.45, 7) is 1.76. The Labute approximate surface area is 137 Å². The molecular formula is C15H18N2O3S2. The Kier molecular flexibility index (Phi) is 4.13. The second-order valence-corrected chi connectivity index (χ2v) is 7.83. The predicted octanol–water partition coefficient (Wildman–Crippen LogP) is 2.10. The van der Waals surface area contributed by atoms with Crippen LogP contribution in [0.1, 0.15) is 12.5 Å². The predicted molar refractivity (Wildman–Crippen MR) is 90.9 cm³/mol. The number of thioether (sulfide) groups is 2. The van der Waals surface area contributed by atoms with Crippen molar-refractivity contribution in [1.82, 2.24) is 4.90 Å². The van der Waals surface area contributed by atoms with Gasteiger partial charge < -0.3 is 10.2 Å². The number of aliphatic carboxylic acids is 1. The number of phenols is 1. The topological polar surface area (TPSA) is 73.1 Å². The molecule has 118 valence electrons. The van der Waals surface area contributed by atoms with Crippen molar-refractivity contribution in [2.24, 2.45) is 4.99 Å². The molecule has 0 spiro atoms. The van der Waals surface area contributed by atoms with Crippen LogP contribution in [0.15, 0.2) is 29.3 Å². The highest BCUT2D eigenvalue weighted by molar-refractivity contribution is 8.14. The van der Waals surface area contributed by atoms with E-state index in [9.17, 15) is 15.0 Å². The van der Waals surface area contributed by atoms with Crippen LogP contribution in [0.25, 0.3) is 0 Å². The lowest BCUT2D eigenvalue weighted by atomic mass is 10.0. The molecule has 1 aromatic rings. The second kappa shape index (κ2) is 5.79. The lowest BCUT2D eigenvalue weighted by Crippen LogP contribution is -2.52. The van der Waals surface area contributed by atoms with E-state index in [1.165, 1.54) is 0 Å². The third-order valence-corrected chi connectivity index (χ3v) is 7.10. The number of aliphatic imine (C=N–C) groups is 1. The van der Waals surface area contributed by atoms with Gasteiger partial charge in [-0.15, -0.1) is 23.5 Å². The lowest BCUT2D eigenvalue weighted by Gasteiger charge is -2.31. The monoisotopic (exact) mass is 338 g/mol. The zero-order chi connectivity index (χ0) is 15.9. The average molecular weight is 338 g/mol. The number of aromatic hydroxyl groups is 1. The van der Waals surface area contributed by atoms with Crippen LogP contribution < -0.4 is 0 Å². The molecule has 0 amide bonds. The minimum absolute atomic E-state index is 0.0378. The van der Waals surface area contributed by atoms with E-state index in [2.05, 4.69) is 0 Å². The summed E-state index contributed by atoms with van der Waals surface area (Å²) in [5.74, 6) is 0.811. The molecule has 0 unspecified atom stereocenters. The van der Waals surface area contributed by atoms with Gasteiger partial charge >= 0.3 is 5.97 Å². The Morgan fingerprint density at radius 1 is 1.45 bits per heavy atom. The molecule has 2 heterocycles.